The molecule has 0 saturated carbocycles. The Morgan fingerprint density at radius 3 is 2.75 bits per heavy atom. The van der Waals surface area contributed by atoms with Crippen LogP contribution in [0.1, 0.15) is 6.92 Å². The highest BCUT2D eigenvalue weighted by Crippen LogP contribution is 2.28. The average molecular weight is 240 g/mol. The number of ether oxygens (including phenoxy) is 1. The van der Waals surface area contributed by atoms with Gasteiger partial charge in [0.1, 0.15) is 11.6 Å². The molecule has 4 nitrogen and oxygen atoms in total. The average Bonchev–Trinajstić information content (AvgIpc) is 2.30. The lowest BCUT2D eigenvalue weighted by Gasteiger charge is -2.04. The Kier molecular flexibility index (Phi) is 4.19. The second-order valence-corrected chi connectivity index (χ2v) is 3.57. The minimum atomic E-state index is 0.367. The molecule has 0 atom stereocenters. The van der Waals surface area contributed by atoms with E-state index in [2.05, 4.69) is 4.99 Å². The van der Waals surface area contributed by atoms with Crippen LogP contribution in [0.3, 0.4) is 0 Å². The lowest BCUT2D eigenvalue weighted by atomic mass is 10.2. The molecule has 5 heteroatoms. The summed E-state index contributed by atoms with van der Waals surface area (Å²) in [4.78, 5) is 4.19. The number of nitrogens with two attached hydrogens (primary N) is 2. The minimum absolute atomic E-state index is 0.367. The van der Waals surface area contributed by atoms with Gasteiger partial charge in [0.2, 0.25) is 0 Å². The van der Waals surface area contributed by atoms with E-state index < -0.39 is 0 Å². The molecule has 1 aromatic carbocycles. The third kappa shape index (κ3) is 2.90. The topological polar surface area (TPSA) is 73.6 Å². The molecule has 0 aliphatic heterocycles. The predicted octanol–water partition coefficient (Wildman–Crippen LogP) is 2.20. The molecule has 0 heterocycles. The SMILES string of the molecule is COc1cc(N=C(N)/C(C)=C\N)ccc1Cl. The first kappa shape index (κ1) is 12.4. The van der Waals surface area contributed by atoms with E-state index in [1.807, 2.05) is 0 Å². The van der Waals surface area contributed by atoms with Gasteiger partial charge in [-0.15, -0.1) is 0 Å². The molecule has 0 saturated heterocycles. The standard InChI is InChI=1S/C11H14ClN3O/c1-7(6-13)11(14)15-8-3-4-9(12)10(5-8)16-2/h3-6H,13H2,1-2H3,(H2,14,15)/b7-6-. The number of amidine groups is 1. The highest BCUT2D eigenvalue weighted by molar-refractivity contribution is 6.32. The summed E-state index contributed by atoms with van der Waals surface area (Å²) in [6, 6.07) is 5.16. The monoisotopic (exact) mass is 239 g/mol. The van der Waals surface area contributed by atoms with E-state index >= 15 is 0 Å². The quantitative estimate of drug-likeness (QED) is 0.627. The van der Waals surface area contributed by atoms with E-state index in [9.17, 15) is 0 Å². The molecule has 0 unspecified atom stereocenters. The van der Waals surface area contributed by atoms with Crippen molar-refractivity contribution in [1.82, 2.24) is 0 Å². The van der Waals surface area contributed by atoms with Gasteiger partial charge in [0.15, 0.2) is 0 Å². The van der Waals surface area contributed by atoms with Gasteiger partial charge in [0, 0.05) is 17.8 Å². The van der Waals surface area contributed by atoms with Crippen molar-refractivity contribution < 1.29 is 4.74 Å². The molecule has 1 aromatic rings. The first-order valence-electron chi connectivity index (χ1n) is 4.65. The Morgan fingerprint density at radius 2 is 2.19 bits per heavy atom. The third-order valence-electron chi connectivity index (χ3n) is 2.04. The molecule has 0 amide bonds. The Hall–Kier alpha value is -1.68. The molecule has 0 radical (unpaired) electrons. The van der Waals surface area contributed by atoms with Crippen LogP contribution in [0, 0.1) is 0 Å². The highest BCUT2D eigenvalue weighted by Gasteiger charge is 2.02. The van der Waals surface area contributed by atoms with Gasteiger partial charge in [-0.05, 0) is 19.1 Å². The molecule has 1 rings (SSSR count). The summed E-state index contributed by atoms with van der Waals surface area (Å²) < 4.78 is 5.07. The zero-order valence-electron chi connectivity index (χ0n) is 9.20. The van der Waals surface area contributed by atoms with Gasteiger partial charge in [0.25, 0.3) is 0 Å². The van der Waals surface area contributed by atoms with Gasteiger partial charge in [-0.3, -0.25) is 0 Å². The number of hydrogen-bond acceptors (Lipinski definition) is 3. The third-order valence-corrected chi connectivity index (χ3v) is 2.35. The Balaban J connectivity index is 3.07. The minimum Gasteiger partial charge on any atom is -0.495 e. The largest absolute Gasteiger partial charge is 0.495 e. The highest BCUT2D eigenvalue weighted by atomic mass is 35.5. The van der Waals surface area contributed by atoms with Crippen LogP contribution < -0.4 is 16.2 Å². The summed E-state index contributed by atoms with van der Waals surface area (Å²) >= 11 is 5.89. The molecule has 4 N–H and O–H groups in total. The van der Waals surface area contributed by atoms with E-state index in [0.29, 0.717) is 27.9 Å². The first-order valence-corrected chi connectivity index (χ1v) is 5.03. The normalized spacial score (nSPS) is 12.7. The summed E-state index contributed by atoms with van der Waals surface area (Å²) in [5, 5.41) is 0.533. The van der Waals surface area contributed by atoms with Crippen molar-refractivity contribution in [1.29, 1.82) is 0 Å². The van der Waals surface area contributed by atoms with Crippen LogP contribution in [0.25, 0.3) is 0 Å². The number of hydrogen-bond donors (Lipinski definition) is 2. The number of halogens is 1. The predicted molar refractivity (Wildman–Crippen MR) is 67.2 cm³/mol. The van der Waals surface area contributed by atoms with Gasteiger partial charge >= 0.3 is 0 Å². The van der Waals surface area contributed by atoms with E-state index in [-0.39, 0.29) is 0 Å². The molecular weight excluding hydrogens is 226 g/mol. The summed E-state index contributed by atoms with van der Waals surface area (Å²) in [6.07, 6.45) is 1.41. The first-order chi connectivity index (χ1) is 7.58. The second-order valence-electron chi connectivity index (χ2n) is 3.17. The van der Waals surface area contributed by atoms with Gasteiger partial charge in [-0.1, -0.05) is 11.6 Å². The fourth-order valence-electron chi connectivity index (χ4n) is 1.03. The summed E-state index contributed by atoms with van der Waals surface area (Å²) in [6.45, 7) is 1.78. The number of benzene rings is 1. The van der Waals surface area contributed by atoms with Crippen molar-refractivity contribution in [3.63, 3.8) is 0 Å². The number of nitrogens with zero attached hydrogens (tertiary/aromatic N) is 1. The smallest absolute Gasteiger partial charge is 0.139 e. The van der Waals surface area contributed by atoms with E-state index in [4.69, 9.17) is 27.8 Å². The van der Waals surface area contributed by atoms with Crippen molar-refractivity contribution in [3.05, 3.63) is 35.0 Å². The van der Waals surface area contributed by atoms with Gasteiger partial charge in [0.05, 0.1) is 17.8 Å². The van der Waals surface area contributed by atoms with Gasteiger partial charge < -0.3 is 16.2 Å². The second kappa shape index (κ2) is 5.42. The molecule has 16 heavy (non-hydrogen) atoms. The maximum Gasteiger partial charge on any atom is 0.139 e. The Morgan fingerprint density at radius 1 is 1.50 bits per heavy atom. The molecule has 0 spiro atoms. The van der Waals surface area contributed by atoms with E-state index in [1.165, 1.54) is 6.20 Å². The molecule has 0 aliphatic carbocycles. The lowest BCUT2D eigenvalue weighted by Crippen LogP contribution is -2.13. The van der Waals surface area contributed by atoms with Crippen LogP contribution in [0.5, 0.6) is 5.75 Å². The number of aliphatic imine (C=N–C) groups is 1. The maximum atomic E-state index is 5.89. The van der Waals surface area contributed by atoms with Gasteiger partial charge in [-0.25, -0.2) is 4.99 Å². The zero-order valence-corrected chi connectivity index (χ0v) is 9.95. The van der Waals surface area contributed by atoms with Crippen molar-refractivity contribution in [2.45, 2.75) is 6.92 Å². The van der Waals surface area contributed by atoms with E-state index in [0.717, 1.165) is 0 Å². The van der Waals surface area contributed by atoms with Crippen molar-refractivity contribution >= 4 is 23.1 Å². The summed E-state index contributed by atoms with van der Waals surface area (Å²) in [5.74, 6) is 0.928. The van der Waals surface area contributed by atoms with Crippen LogP contribution in [0.4, 0.5) is 5.69 Å². The fraction of sp³-hybridized carbons (Fsp3) is 0.182. The van der Waals surface area contributed by atoms with Crippen LogP contribution >= 0.6 is 11.6 Å². The van der Waals surface area contributed by atoms with Crippen molar-refractivity contribution in [2.24, 2.45) is 16.5 Å². The van der Waals surface area contributed by atoms with Crippen LogP contribution in [0.15, 0.2) is 35.0 Å². The Bertz CT molecular complexity index is 441. The van der Waals surface area contributed by atoms with Crippen molar-refractivity contribution in [2.75, 3.05) is 7.11 Å². The molecular formula is C11H14ClN3O. The van der Waals surface area contributed by atoms with Crippen LogP contribution in [-0.2, 0) is 0 Å². The van der Waals surface area contributed by atoms with E-state index in [1.54, 1.807) is 32.2 Å². The maximum absolute atomic E-state index is 5.89. The lowest BCUT2D eigenvalue weighted by molar-refractivity contribution is 0.415. The van der Waals surface area contributed by atoms with Crippen LogP contribution in [-0.4, -0.2) is 12.9 Å². The zero-order chi connectivity index (χ0) is 12.1. The fourth-order valence-corrected chi connectivity index (χ4v) is 1.23. The molecule has 0 aromatic heterocycles. The number of rotatable bonds is 3. The molecule has 0 fully saturated rings. The molecule has 86 valence electrons. The summed E-state index contributed by atoms with van der Waals surface area (Å²) in [7, 11) is 1.54. The molecule has 0 bridgehead atoms. The number of methoxy groups -OCH3 is 1. The Labute approximate surface area is 99.6 Å². The molecule has 0 aliphatic rings. The van der Waals surface area contributed by atoms with Gasteiger partial charge in [-0.2, -0.15) is 0 Å². The van der Waals surface area contributed by atoms with Crippen LogP contribution in [0.2, 0.25) is 5.02 Å². The summed E-state index contributed by atoms with van der Waals surface area (Å²) in [5.41, 5.74) is 12.4. The van der Waals surface area contributed by atoms with Crippen molar-refractivity contribution in [3.8, 4) is 5.75 Å².